The largest absolute Gasteiger partial charge is 0.481 e. The number of nitrogens with zero attached hydrogens (tertiary/aromatic N) is 1. The van der Waals surface area contributed by atoms with E-state index in [-0.39, 0.29) is 12.5 Å². The molecule has 1 heterocycles. The first-order valence-electron chi connectivity index (χ1n) is 6.52. The van der Waals surface area contributed by atoms with Crippen LogP contribution < -0.4 is 10.6 Å². The maximum absolute atomic E-state index is 11.5. The van der Waals surface area contributed by atoms with Gasteiger partial charge in [0, 0.05) is 6.54 Å². The second kappa shape index (κ2) is 9.49. The molecule has 2 amide bonds. The Labute approximate surface area is 123 Å². The molecule has 3 N–H and O–H groups in total. The van der Waals surface area contributed by atoms with Crippen molar-refractivity contribution in [1.29, 1.82) is 0 Å². The second-order valence-corrected chi connectivity index (χ2v) is 4.18. The Morgan fingerprint density at radius 3 is 2.81 bits per heavy atom. The fraction of sp³-hybridized carbons (Fsp3) is 0.357. The Kier molecular flexibility index (Phi) is 7.52. The van der Waals surface area contributed by atoms with Gasteiger partial charge in [-0.1, -0.05) is 6.08 Å². The van der Waals surface area contributed by atoms with Gasteiger partial charge in [0.15, 0.2) is 0 Å². The lowest BCUT2D eigenvalue weighted by Crippen LogP contribution is -2.31. The highest BCUT2D eigenvalue weighted by Crippen LogP contribution is 2.06. The molecular formula is C14H19N3O4. The van der Waals surface area contributed by atoms with Crippen molar-refractivity contribution >= 4 is 17.7 Å². The maximum atomic E-state index is 11.5. The molecule has 0 aliphatic heterocycles. The number of carbonyl (C=O) groups excluding carboxylic acids is 1. The first kappa shape index (κ1) is 16.6. The highest BCUT2D eigenvalue weighted by Gasteiger charge is 2.04. The summed E-state index contributed by atoms with van der Waals surface area (Å²) in [5, 5.41) is 13.8. The minimum Gasteiger partial charge on any atom is -0.481 e. The van der Waals surface area contributed by atoms with Crippen LogP contribution in [0.2, 0.25) is 0 Å². The predicted molar refractivity (Wildman–Crippen MR) is 78.2 cm³/mol. The van der Waals surface area contributed by atoms with Gasteiger partial charge in [-0.2, -0.15) is 0 Å². The van der Waals surface area contributed by atoms with Crippen LogP contribution in [0.4, 0.5) is 10.5 Å². The molecule has 0 aliphatic rings. The Bertz CT molecular complexity index is 474. The summed E-state index contributed by atoms with van der Waals surface area (Å²) in [6.07, 6.45) is 3.81. The van der Waals surface area contributed by atoms with Crippen LogP contribution in [0.3, 0.4) is 0 Å². The van der Waals surface area contributed by atoms with Gasteiger partial charge in [-0.25, -0.2) is 4.79 Å². The third-order valence-corrected chi connectivity index (χ3v) is 2.41. The molecule has 0 fully saturated rings. The van der Waals surface area contributed by atoms with Crippen LogP contribution in [0.1, 0.15) is 12.1 Å². The molecule has 0 bridgehead atoms. The summed E-state index contributed by atoms with van der Waals surface area (Å²) < 4.78 is 5.25. The van der Waals surface area contributed by atoms with Crippen molar-refractivity contribution < 1.29 is 19.4 Å². The van der Waals surface area contributed by atoms with Gasteiger partial charge in [0.2, 0.25) is 0 Å². The number of urea groups is 1. The number of hydrogen-bond acceptors (Lipinski definition) is 4. The molecule has 0 atom stereocenters. The number of aliphatic carboxylic acids is 1. The zero-order chi connectivity index (χ0) is 15.5. The Balaban J connectivity index is 2.24. The lowest BCUT2D eigenvalue weighted by molar-refractivity contribution is -0.136. The quantitative estimate of drug-likeness (QED) is 0.472. The molecule has 114 valence electrons. The molecule has 1 rings (SSSR count). The highest BCUT2D eigenvalue weighted by atomic mass is 16.5. The van der Waals surface area contributed by atoms with E-state index in [0.717, 1.165) is 6.42 Å². The summed E-state index contributed by atoms with van der Waals surface area (Å²) in [4.78, 5) is 26.0. The number of amides is 2. The molecular weight excluding hydrogens is 274 g/mol. The second-order valence-electron chi connectivity index (χ2n) is 4.18. The number of carboxylic acid groups (broad SMARTS) is 1. The van der Waals surface area contributed by atoms with Crippen LogP contribution in [0.5, 0.6) is 0 Å². The van der Waals surface area contributed by atoms with Crippen molar-refractivity contribution in [3.05, 3.63) is 36.7 Å². The zero-order valence-corrected chi connectivity index (χ0v) is 11.7. The smallest absolute Gasteiger partial charge is 0.319 e. The van der Waals surface area contributed by atoms with E-state index in [1.807, 2.05) is 0 Å². The predicted octanol–water partition coefficient (Wildman–Crippen LogP) is 1.42. The van der Waals surface area contributed by atoms with Gasteiger partial charge < -0.3 is 20.5 Å². The van der Waals surface area contributed by atoms with Crippen LogP contribution in [-0.2, 0) is 16.0 Å². The molecule has 7 nitrogen and oxygen atoms in total. The summed E-state index contributed by atoms with van der Waals surface area (Å²) in [5.41, 5.74) is 0.929. The van der Waals surface area contributed by atoms with Gasteiger partial charge in [0.05, 0.1) is 37.2 Å². The average molecular weight is 293 g/mol. The molecule has 0 unspecified atom stereocenters. The Morgan fingerprint density at radius 2 is 2.19 bits per heavy atom. The molecule has 1 aromatic rings. The number of nitrogens with one attached hydrogen (secondary N) is 2. The average Bonchev–Trinajstić information content (AvgIpc) is 2.44. The molecule has 0 saturated carbocycles. The van der Waals surface area contributed by atoms with Gasteiger partial charge >= 0.3 is 12.0 Å². The lowest BCUT2D eigenvalue weighted by Gasteiger charge is -2.08. The molecule has 7 heteroatoms. The number of pyridine rings is 1. The summed E-state index contributed by atoms with van der Waals surface area (Å²) in [7, 11) is 0. The van der Waals surface area contributed by atoms with Crippen molar-refractivity contribution in [2.75, 3.05) is 25.1 Å². The molecule has 0 saturated heterocycles. The molecule has 0 radical (unpaired) electrons. The maximum Gasteiger partial charge on any atom is 0.319 e. The normalized spacial score (nSPS) is 9.90. The summed E-state index contributed by atoms with van der Waals surface area (Å²) in [6.45, 7) is 4.99. The monoisotopic (exact) mass is 293 g/mol. The summed E-state index contributed by atoms with van der Waals surface area (Å²) in [5.74, 6) is -0.947. The van der Waals surface area contributed by atoms with Gasteiger partial charge in [0.25, 0.3) is 0 Å². The number of ether oxygens (including phenoxy) is 1. The van der Waals surface area contributed by atoms with Gasteiger partial charge in [-0.15, -0.1) is 6.58 Å². The van der Waals surface area contributed by atoms with E-state index in [4.69, 9.17) is 9.84 Å². The fourth-order valence-electron chi connectivity index (χ4n) is 1.44. The first-order chi connectivity index (χ1) is 10.1. The lowest BCUT2D eigenvalue weighted by atomic mass is 10.2. The van der Waals surface area contributed by atoms with E-state index in [9.17, 15) is 9.59 Å². The summed E-state index contributed by atoms with van der Waals surface area (Å²) in [6, 6.07) is 2.79. The van der Waals surface area contributed by atoms with Gasteiger partial charge in [-0.05, 0) is 18.6 Å². The van der Waals surface area contributed by atoms with E-state index in [1.165, 1.54) is 6.20 Å². The van der Waals surface area contributed by atoms with Crippen LogP contribution in [-0.4, -0.2) is 41.8 Å². The third-order valence-electron chi connectivity index (χ3n) is 2.41. The number of hydrogen-bond donors (Lipinski definition) is 3. The van der Waals surface area contributed by atoms with Crippen molar-refractivity contribution in [1.82, 2.24) is 10.3 Å². The highest BCUT2D eigenvalue weighted by molar-refractivity contribution is 5.89. The van der Waals surface area contributed by atoms with Crippen LogP contribution >= 0.6 is 0 Å². The first-order valence-corrected chi connectivity index (χ1v) is 6.52. The SMILES string of the molecule is C=CCCOCCNC(=O)Nc1ccc(CC(=O)O)nc1. The molecule has 0 aromatic carbocycles. The van der Waals surface area contributed by atoms with E-state index in [0.29, 0.717) is 31.1 Å². The fourth-order valence-corrected chi connectivity index (χ4v) is 1.44. The number of anilines is 1. The standard InChI is InChI=1S/C14H19N3O4/c1-2-3-7-21-8-6-15-14(20)17-12-5-4-11(16-10-12)9-13(18)19/h2,4-5,10H,1,3,6-9H2,(H,18,19)(H2,15,17,20). The van der Waals surface area contributed by atoms with Gasteiger partial charge in [-0.3, -0.25) is 9.78 Å². The van der Waals surface area contributed by atoms with E-state index < -0.39 is 5.97 Å². The zero-order valence-electron chi connectivity index (χ0n) is 11.7. The van der Waals surface area contributed by atoms with E-state index in [1.54, 1.807) is 18.2 Å². The van der Waals surface area contributed by atoms with Crippen LogP contribution in [0.25, 0.3) is 0 Å². The van der Waals surface area contributed by atoms with E-state index >= 15 is 0 Å². The van der Waals surface area contributed by atoms with Crippen molar-refractivity contribution in [2.24, 2.45) is 0 Å². The third kappa shape index (κ3) is 7.68. The summed E-state index contributed by atoms with van der Waals surface area (Å²) >= 11 is 0. The van der Waals surface area contributed by atoms with Crippen molar-refractivity contribution in [3.8, 4) is 0 Å². The van der Waals surface area contributed by atoms with Crippen molar-refractivity contribution in [2.45, 2.75) is 12.8 Å². The Hall–Kier alpha value is -2.41. The van der Waals surface area contributed by atoms with Gasteiger partial charge in [0.1, 0.15) is 0 Å². The molecule has 0 spiro atoms. The van der Waals surface area contributed by atoms with Crippen LogP contribution in [0.15, 0.2) is 31.0 Å². The van der Waals surface area contributed by atoms with Crippen LogP contribution in [0, 0.1) is 0 Å². The molecule has 1 aromatic heterocycles. The molecule has 0 aliphatic carbocycles. The number of aromatic nitrogens is 1. The minimum absolute atomic E-state index is 0.144. The Morgan fingerprint density at radius 1 is 1.38 bits per heavy atom. The minimum atomic E-state index is -0.947. The topological polar surface area (TPSA) is 101 Å². The van der Waals surface area contributed by atoms with E-state index in [2.05, 4.69) is 22.2 Å². The molecule has 21 heavy (non-hydrogen) atoms. The number of carbonyl (C=O) groups is 2. The van der Waals surface area contributed by atoms with Crippen molar-refractivity contribution in [3.63, 3.8) is 0 Å². The number of rotatable bonds is 9. The number of carboxylic acids is 1.